The number of halogens is 1. The van der Waals surface area contributed by atoms with Gasteiger partial charge in [-0.15, -0.1) is 0 Å². The van der Waals surface area contributed by atoms with Crippen molar-refractivity contribution in [1.82, 2.24) is 9.97 Å². The van der Waals surface area contributed by atoms with Gasteiger partial charge in [-0.3, -0.25) is 4.79 Å². The van der Waals surface area contributed by atoms with Gasteiger partial charge >= 0.3 is 0 Å². The lowest BCUT2D eigenvalue weighted by atomic mass is 10.1. The van der Waals surface area contributed by atoms with Crippen molar-refractivity contribution in [3.05, 3.63) is 47.2 Å². The Labute approximate surface area is 108 Å². The molecule has 2 aromatic rings. The molecule has 0 bridgehead atoms. The number of Topliss-reactive ketones (excluding diaryl/α,β-unsaturated/α-hetero) is 1. The summed E-state index contributed by atoms with van der Waals surface area (Å²) < 4.78 is 0. The molecule has 86 valence electrons. The summed E-state index contributed by atoms with van der Waals surface area (Å²) in [6, 6.07) is 7.06. The Hall–Kier alpha value is -1.39. The van der Waals surface area contributed by atoms with E-state index in [0.717, 1.165) is 4.90 Å². The minimum Gasteiger partial charge on any atom is -0.294 e. The fraction of sp³-hybridized carbons (Fsp3) is 0.0833. The lowest BCUT2D eigenvalue weighted by Gasteiger charge is -2.03. The highest BCUT2D eigenvalue weighted by atomic mass is 35.5. The molecule has 0 unspecified atom stereocenters. The first kappa shape index (κ1) is 12.1. The fourth-order valence-corrected chi connectivity index (χ4v) is 2.42. The van der Waals surface area contributed by atoms with Crippen LogP contribution < -0.4 is 0 Å². The van der Waals surface area contributed by atoms with Crippen LogP contribution in [0.25, 0.3) is 0 Å². The molecule has 0 N–H and O–H groups in total. The van der Waals surface area contributed by atoms with E-state index < -0.39 is 0 Å². The Morgan fingerprint density at radius 3 is 2.59 bits per heavy atom. The third-order valence-electron chi connectivity index (χ3n) is 2.07. The first-order valence-corrected chi connectivity index (χ1v) is 6.11. The fourth-order valence-electron chi connectivity index (χ4n) is 1.29. The standard InChI is InChI=1S/C12H9ClN2OS/c1-8(16)10-4-3-9(7-11(10)13)17-12-14-5-2-6-15-12/h2-7H,1H3. The van der Waals surface area contributed by atoms with Gasteiger partial charge < -0.3 is 0 Å². The van der Waals surface area contributed by atoms with E-state index in [4.69, 9.17) is 11.6 Å². The molecule has 0 aliphatic carbocycles. The van der Waals surface area contributed by atoms with Gasteiger partial charge in [0.25, 0.3) is 0 Å². The monoisotopic (exact) mass is 264 g/mol. The Balaban J connectivity index is 2.24. The van der Waals surface area contributed by atoms with Crippen LogP contribution in [0.1, 0.15) is 17.3 Å². The number of rotatable bonds is 3. The second kappa shape index (κ2) is 5.29. The second-order valence-corrected chi connectivity index (χ2v) is 4.78. The topological polar surface area (TPSA) is 42.9 Å². The van der Waals surface area contributed by atoms with E-state index in [1.165, 1.54) is 18.7 Å². The smallest absolute Gasteiger partial charge is 0.192 e. The van der Waals surface area contributed by atoms with Crippen molar-refractivity contribution in [3.8, 4) is 0 Å². The van der Waals surface area contributed by atoms with Crippen molar-refractivity contribution < 1.29 is 4.79 Å². The molecule has 3 nitrogen and oxygen atoms in total. The minimum atomic E-state index is -0.0393. The van der Waals surface area contributed by atoms with Gasteiger partial charge in [0, 0.05) is 22.9 Å². The number of aromatic nitrogens is 2. The van der Waals surface area contributed by atoms with Gasteiger partial charge in [0.1, 0.15) is 0 Å². The maximum absolute atomic E-state index is 11.2. The number of benzene rings is 1. The third-order valence-corrected chi connectivity index (χ3v) is 3.27. The molecule has 0 atom stereocenters. The molecule has 0 radical (unpaired) electrons. The molecule has 0 aliphatic heterocycles. The molecule has 0 saturated carbocycles. The van der Waals surface area contributed by atoms with Crippen molar-refractivity contribution in [3.63, 3.8) is 0 Å². The average Bonchev–Trinajstić information content (AvgIpc) is 2.30. The van der Waals surface area contributed by atoms with Crippen LogP contribution in [0.5, 0.6) is 0 Å². The van der Waals surface area contributed by atoms with E-state index in [0.29, 0.717) is 15.7 Å². The van der Waals surface area contributed by atoms with E-state index in [-0.39, 0.29) is 5.78 Å². The molecule has 2 rings (SSSR count). The summed E-state index contributed by atoms with van der Waals surface area (Å²) in [5.41, 5.74) is 0.532. The normalized spacial score (nSPS) is 10.2. The first-order valence-electron chi connectivity index (χ1n) is 4.92. The minimum absolute atomic E-state index is 0.0393. The number of nitrogens with zero attached hydrogens (tertiary/aromatic N) is 2. The van der Waals surface area contributed by atoms with Crippen molar-refractivity contribution in [2.45, 2.75) is 17.0 Å². The number of ketones is 1. The summed E-state index contributed by atoms with van der Waals surface area (Å²) in [6.45, 7) is 1.49. The highest BCUT2D eigenvalue weighted by Crippen LogP contribution is 2.28. The molecule has 0 fully saturated rings. The molecule has 1 heterocycles. The number of carbonyl (C=O) groups excluding carboxylic acids is 1. The lowest BCUT2D eigenvalue weighted by molar-refractivity contribution is 0.101. The summed E-state index contributed by atoms with van der Waals surface area (Å²) in [4.78, 5) is 20.3. The van der Waals surface area contributed by atoms with Crippen molar-refractivity contribution in [1.29, 1.82) is 0 Å². The van der Waals surface area contributed by atoms with Crippen LogP contribution in [0.2, 0.25) is 5.02 Å². The third kappa shape index (κ3) is 3.05. The maximum Gasteiger partial charge on any atom is 0.192 e. The zero-order valence-electron chi connectivity index (χ0n) is 9.05. The summed E-state index contributed by atoms with van der Waals surface area (Å²) in [6.07, 6.45) is 3.36. The molecule has 1 aromatic carbocycles. The summed E-state index contributed by atoms with van der Waals surface area (Å²) in [7, 11) is 0. The summed E-state index contributed by atoms with van der Waals surface area (Å²) in [5.74, 6) is -0.0393. The van der Waals surface area contributed by atoms with Crippen molar-refractivity contribution in [2.24, 2.45) is 0 Å². The zero-order valence-corrected chi connectivity index (χ0v) is 10.6. The van der Waals surface area contributed by atoms with E-state index in [2.05, 4.69) is 9.97 Å². The van der Waals surface area contributed by atoms with E-state index in [1.54, 1.807) is 30.6 Å². The zero-order chi connectivity index (χ0) is 12.3. The van der Waals surface area contributed by atoms with Crippen LogP contribution in [-0.4, -0.2) is 15.8 Å². The van der Waals surface area contributed by atoms with Gasteiger partial charge in [0.05, 0.1) is 5.02 Å². The van der Waals surface area contributed by atoms with Gasteiger partial charge in [-0.25, -0.2) is 9.97 Å². The molecular weight excluding hydrogens is 256 g/mol. The molecular formula is C12H9ClN2OS. The van der Waals surface area contributed by atoms with Crippen LogP contribution in [0, 0.1) is 0 Å². The van der Waals surface area contributed by atoms with Gasteiger partial charge in [-0.05, 0) is 43.0 Å². The molecule has 0 spiro atoms. The molecule has 0 aliphatic rings. The van der Waals surface area contributed by atoms with Gasteiger partial charge in [-0.2, -0.15) is 0 Å². The number of hydrogen-bond donors (Lipinski definition) is 0. The molecule has 17 heavy (non-hydrogen) atoms. The SMILES string of the molecule is CC(=O)c1ccc(Sc2ncccn2)cc1Cl. The number of hydrogen-bond acceptors (Lipinski definition) is 4. The van der Waals surface area contributed by atoms with Gasteiger partial charge in [0.15, 0.2) is 10.9 Å². The highest BCUT2D eigenvalue weighted by molar-refractivity contribution is 7.99. The molecule has 0 saturated heterocycles. The second-order valence-electron chi connectivity index (χ2n) is 3.33. The molecule has 0 amide bonds. The first-order chi connectivity index (χ1) is 8.16. The molecule has 1 aromatic heterocycles. The highest BCUT2D eigenvalue weighted by Gasteiger charge is 2.07. The quantitative estimate of drug-likeness (QED) is 0.629. The van der Waals surface area contributed by atoms with Crippen molar-refractivity contribution in [2.75, 3.05) is 0 Å². The van der Waals surface area contributed by atoms with E-state index in [9.17, 15) is 4.79 Å². The van der Waals surface area contributed by atoms with E-state index in [1.807, 2.05) is 6.07 Å². The van der Waals surface area contributed by atoms with Crippen LogP contribution in [0.3, 0.4) is 0 Å². The Morgan fingerprint density at radius 1 is 1.29 bits per heavy atom. The van der Waals surface area contributed by atoms with Crippen molar-refractivity contribution >= 4 is 29.1 Å². The maximum atomic E-state index is 11.2. The predicted octanol–water partition coefficient (Wildman–Crippen LogP) is 3.48. The lowest BCUT2D eigenvalue weighted by Crippen LogP contribution is -1.93. The average molecular weight is 265 g/mol. The Kier molecular flexibility index (Phi) is 3.76. The Bertz CT molecular complexity index is 545. The van der Waals surface area contributed by atoms with Gasteiger partial charge in [-0.1, -0.05) is 11.6 Å². The number of carbonyl (C=O) groups is 1. The summed E-state index contributed by atoms with van der Waals surface area (Å²) >= 11 is 7.42. The summed E-state index contributed by atoms with van der Waals surface area (Å²) in [5, 5.41) is 1.11. The van der Waals surface area contributed by atoms with Crippen LogP contribution in [0.4, 0.5) is 0 Å². The Morgan fingerprint density at radius 2 is 2.00 bits per heavy atom. The van der Waals surface area contributed by atoms with E-state index >= 15 is 0 Å². The van der Waals surface area contributed by atoms with Crippen LogP contribution in [-0.2, 0) is 0 Å². The molecule has 5 heteroatoms. The largest absolute Gasteiger partial charge is 0.294 e. The predicted molar refractivity (Wildman–Crippen MR) is 67.6 cm³/mol. The van der Waals surface area contributed by atoms with Crippen LogP contribution in [0.15, 0.2) is 46.7 Å². The van der Waals surface area contributed by atoms with Gasteiger partial charge in [0.2, 0.25) is 0 Å². The van der Waals surface area contributed by atoms with Crippen LogP contribution >= 0.6 is 23.4 Å².